The van der Waals surface area contributed by atoms with Gasteiger partial charge in [-0.2, -0.15) is 0 Å². The Balaban J connectivity index is 1.96. The number of thiazole rings is 1. The van der Waals surface area contributed by atoms with Crippen LogP contribution in [-0.2, 0) is 4.74 Å². The third-order valence-electron chi connectivity index (χ3n) is 4.04. The van der Waals surface area contributed by atoms with Crippen molar-refractivity contribution in [3.63, 3.8) is 0 Å². The van der Waals surface area contributed by atoms with E-state index in [9.17, 15) is 4.79 Å². The molecule has 2 unspecified atom stereocenters. The normalized spacial score (nSPS) is 21.0. The number of likely N-dealkylation sites (N-methyl/N-ethyl adjacent to an activating group) is 1. The van der Waals surface area contributed by atoms with Crippen molar-refractivity contribution in [2.24, 2.45) is 0 Å². The van der Waals surface area contributed by atoms with E-state index < -0.39 is 5.60 Å². The molecular formula is C16H27N3O2S. The van der Waals surface area contributed by atoms with Crippen molar-refractivity contribution in [1.82, 2.24) is 14.8 Å². The predicted molar refractivity (Wildman–Crippen MR) is 89.1 cm³/mol. The van der Waals surface area contributed by atoms with E-state index in [1.54, 1.807) is 11.3 Å². The molecule has 0 N–H and O–H groups in total. The number of hydrogen-bond acceptors (Lipinski definition) is 5. The first-order valence-electron chi connectivity index (χ1n) is 7.87. The van der Waals surface area contributed by atoms with Gasteiger partial charge in [0, 0.05) is 30.7 Å². The predicted octanol–water partition coefficient (Wildman–Crippen LogP) is 3.54. The zero-order valence-corrected chi connectivity index (χ0v) is 15.0. The van der Waals surface area contributed by atoms with Crippen LogP contribution in [0.4, 0.5) is 4.79 Å². The summed E-state index contributed by atoms with van der Waals surface area (Å²) >= 11 is 1.68. The van der Waals surface area contributed by atoms with E-state index in [4.69, 9.17) is 4.74 Å². The van der Waals surface area contributed by atoms with Crippen molar-refractivity contribution >= 4 is 17.4 Å². The highest BCUT2D eigenvalue weighted by molar-refractivity contribution is 7.09. The smallest absolute Gasteiger partial charge is 0.410 e. The first-order valence-corrected chi connectivity index (χ1v) is 8.75. The lowest BCUT2D eigenvalue weighted by Crippen LogP contribution is -2.50. The number of aromatic nitrogens is 1. The van der Waals surface area contributed by atoms with Gasteiger partial charge in [0.15, 0.2) is 0 Å². The molecule has 0 saturated carbocycles. The molecule has 2 atom stereocenters. The second-order valence-corrected chi connectivity index (χ2v) is 7.86. The summed E-state index contributed by atoms with van der Waals surface area (Å²) in [6.45, 7) is 9.40. The minimum atomic E-state index is -0.440. The molecule has 1 fully saturated rings. The van der Waals surface area contributed by atoms with E-state index in [2.05, 4.69) is 23.9 Å². The van der Waals surface area contributed by atoms with Gasteiger partial charge in [-0.15, -0.1) is 11.3 Å². The van der Waals surface area contributed by atoms with Crippen LogP contribution in [0.15, 0.2) is 11.6 Å². The van der Waals surface area contributed by atoms with Crippen molar-refractivity contribution < 1.29 is 9.53 Å². The van der Waals surface area contributed by atoms with Gasteiger partial charge < -0.3 is 9.64 Å². The summed E-state index contributed by atoms with van der Waals surface area (Å²) in [5.74, 6) is 0. The van der Waals surface area contributed by atoms with Crippen molar-refractivity contribution in [3.05, 3.63) is 16.6 Å². The maximum atomic E-state index is 12.3. The molecule has 2 heterocycles. The van der Waals surface area contributed by atoms with Gasteiger partial charge in [0.25, 0.3) is 0 Å². The molecular weight excluding hydrogens is 298 g/mol. The Hall–Kier alpha value is -1.14. The quantitative estimate of drug-likeness (QED) is 0.853. The number of piperidine rings is 1. The van der Waals surface area contributed by atoms with Gasteiger partial charge in [0.2, 0.25) is 0 Å². The van der Waals surface area contributed by atoms with Gasteiger partial charge >= 0.3 is 6.09 Å². The van der Waals surface area contributed by atoms with Crippen LogP contribution in [0.5, 0.6) is 0 Å². The van der Waals surface area contributed by atoms with Crippen LogP contribution in [0.2, 0.25) is 0 Å². The lowest BCUT2D eigenvalue weighted by Gasteiger charge is -2.40. The molecule has 22 heavy (non-hydrogen) atoms. The summed E-state index contributed by atoms with van der Waals surface area (Å²) in [4.78, 5) is 20.8. The summed E-state index contributed by atoms with van der Waals surface area (Å²) in [5.41, 5.74) is -0.440. The molecule has 0 spiro atoms. The van der Waals surface area contributed by atoms with Gasteiger partial charge in [0.05, 0.1) is 6.04 Å². The van der Waals surface area contributed by atoms with Gasteiger partial charge in [-0.25, -0.2) is 9.78 Å². The van der Waals surface area contributed by atoms with Crippen molar-refractivity contribution in [3.8, 4) is 0 Å². The zero-order valence-electron chi connectivity index (χ0n) is 14.2. The fraction of sp³-hybridized carbons (Fsp3) is 0.750. The number of hydrogen-bond donors (Lipinski definition) is 0. The van der Waals surface area contributed by atoms with Gasteiger partial charge in [-0.05, 0) is 47.6 Å². The van der Waals surface area contributed by atoms with E-state index in [0.717, 1.165) is 30.9 Å². The topological polar surface area (TPSA) is 45.7 Å². The highest BCUT2D eigenvalue weighted by Gasteiger charge is 2.31. The van der Waals surface area contributed by atoms with E-state index >= 15 is 0 Å². The second kappa shape index (κ2) is 6.96. The SMILES string of the molecule is CC(c1nccs1)N(C)C1CCCN(C(=O)OC(C)(C)C)C1. The van der Waals surface area contributed by atoms with E-state index in [-0.39, 0.29) is 12.1 Å². The molecule has 0 bridgehead atoms. The van der Waals surface area contributed by atoms with Crippen LogP contribution < -0.4 is 0 Å². The lowest BCUT2D eigenvalue weighted by molar-refractivity contribution is 0.00972. The molecule has 1 aromatic rings. The number of rotatable bonds is 3. The Morgan fingerprint density at radius 3 is 2.86 bits per heavy atom. The Morgan fingerprint density at radius 1 is 1.55 bits per heavy atom. The number of carbonyl (C=O) groups is 1. The van der Waals surface area contributed by atoms with Crippen LogP contribution in [0, 0.1) is 0 Å². The lowest BCUT2D eigenvalue weighted by atomic mass is 10.0. The monoisotopic (exact) mass is 325 g/mol. The van der Waals surface area contributed by atoms with Crippen LogP contribution >= 0.6 is 11.3 Å². The average Bonchev–Trinajstić information content (AvgIpc) is 2.98. The number of amides is 1. The summed E-state index contributed by atoms with van der Waals surface area (Å²) in [5, 5.41) is 3.13. The van der Waals surface area contributed by atoms with Gasteiger partial charge in [-0.1, -0.05) is 0 Å². The molecule has 1 aromatic heterocycles. The van der Waals surface area contributed by atoms with Crippen molar-refractivity contribution in [2.45, 2.75) is 58.2 Å². The molecule has 0 aromatic carbocycles. The summed E-state index contributed by atoms with van der Waals surface area (Å²) in [6, 6.07) is 0.615. The van der Waals surface area contributed by atoms with Crippen molar-refractivity contribution in [2.75, 3.05) is 20.1 Å². The molecule has 1 amide bonds. The average molecular weight is 325 g/mol. The second-order valence-electron chi connectivity index (χ2n) is 6.93. The summed E-state index contributed by atoms with van der Waals surface area (Å²) < 4.78 is 5.50. The fourth-order valence-corrected chi connectivity index (χ4v) is 3.46. The largest absolute Gasteiger partial charge is 0.444 e. The highest BCUT2D eigenvalue weighted by Crippen LogP contribution is 2.26. The van der Waals surface area contributed by atoms with Gasteiger partial charge in [-0.3, -0.25) is 4.90 Å². The van der Waals surface area contributed by atoms with Gasteiger partial charge in [0.1, 0.15) is 10.6 Å². The van der Waals surface area contributed by atoms with E-state index in [1.165, 1.54) is 0 Å². The standard InChI is InChI=1S/C16H27N3O2S/c1-12(14-17-8-10-22-14)18(5)13-7-6-9-19(11-13)15(20)21-16(2,3)4/h8,10,12-13H,6-7,9,11H2,1-5H3. The molecule has 0 radical (unpaired) electrons. The Labute approximate surface area is 137 Å². The number of nitrogens with zero attached hydrogens (tertiary/aromatic N) is 3. The van der Waals surface area contributed by atoms with Crippen molar-refractivity contribution in [1.29, 1.82) is 0 Å². The number of likely N-dealkylation sites (tertiary alicyclic amines) is 1. The molecule has 124 valence electrons. The fourth-order valence-electron chi connectivity index (χ4n) is 2.71. The van der Waals surface area contributed by atoms with E-state index in [0.29, 0.717) is 6.04 Å². The van der Waals surface area contributed by atoms with Crippen LogP contribution in [-0.4, -0.2) is 52.7 Å². The van der Waals surface area contributed by atoms with Crippen LogP contribution in [0.1, 0.15) is 51.6 Å². The maximum Gasteiger partial charge on any atom is 0.410 e. The van der Waals surface area contributed by atoms with Crippen LogP contribution in [0.25, 0.3) is 0 Å². The zero-order chi connectivity index (χ0) is 16.3. The molecule has 1 aliphatic rings. The Bertz CT molecular complexity index is 484. The minimum absolute atomic E-state index is 0.201. The highest BCUT2D eigenvalue weighted by atomic mass is 32.1. The molecule has 2 rings (SSSR count). The third kappa shape index (κ3) is 4.43. The third-order valence-corrected chi connectivity index (χ3v) is 4.99. The summed E-state index contributed by atoms with van der Waals surface area (Å²) in [7, 11) is 2.12. The first-order chi connectivity index (χ1) is 10.3. The molecule has 0 aliphatic carbocycles. The molecule has 6 heteroatoms. The minimum Gasteiger partial charge on any atom is -0.444 e. The number of carbonyl (C=O) groups excluding carboxylic acids is 1. The number of ether oxygens (including phenoxy) is 1. The Morgan fingerprint density at radius 2 is 2.27 bits per heavy atom. The Kier molecular flexibility index (Phi) is 5.45. The molecule has 5 nitrogen and oxygen atoms in total. The van der Waals surface area contributed by atoms with E-state index in [1.807, 2.05) is 37.2 Å². The molecule has 1 saturated heterocycles. The summed E-state index contributed by atoms with van der Waals surface area (Å²) in [6.07, 6.45) is 3.76. The van der Waals surface area contributed by atoms with Crippen LogP contribution in [0.3, 0.4) is 0 Å². The molecule has 1 aliphatic heterocycles. The maximum absolute atomic E-state index is 12.3. The first kappa shape index (κ1) is 17.2.